The van der Waals surface area contributed by atoms with Gasteiger partial charge in [-0.1, -0.05) is 6.07 Å². The number of aryl methyl sites for hydroxylation is 1. The lowest BCUT2D eigenvalue weighted by Crippen LogP contribution is -2.16. The lowest BCUT2D eigenvalue weighted by molar-refractivity contribution is 0.419. The Hall–Kier alpha value is -1.55. The first-order valence-corrected chi connectivity index (χ1v) is 6.04. The van der Waals surface area contributed by atoms with Crippen LogP contribution < -0.4 is 10.1 Å². The summed E-state index contributed by atoms with van der Waals surface area (Å²) in [7, 11) is 3.76. The zero-order valence-electron chi connectivity index (χ0n) is 10.2. The van der Waals surface area contributed by atoms with Gasteiger partial charge in [-0.2, -0.15) is 0 Å². The van der Waals surface area contributed by atoms with Crippen molar-refractivity contribution < 1.29 is 4.74 Å². The van der Waals surface area contributed by atoms with E-state index in [-0.39, 0.29) is 0 Å². The molecule has 4 nitrogen and oxygen atoms in total. The fourth-order valence-electron chi connectivity index (χ4n) is 2.59. The standard InChI is InChI=1S/C13H17N3O/c1-16-10-6-3-7-11(17-2)12(10)15-13(16)9-5-4-8-14-9/h3,6-7,9,14H,4-5,8H2,1-2H3. The van der Waals surface area contributed by atoms with Crippen molar-refractivity contribution >= 4 is 11.0 Å². The molecule has 1 aliphatic heterocycles. The van der Waals surface area contributed by atoms with E-state index >= 15 is 0 Å². The number of hydrogen-bond donors (Lipinski definition) is 1. The van der Waals surface area contributed by atoms with Crippen LogP contribution in [0, 0.1) is 0 Å². The summed E-state index contributed by atoms with van der Waals surface area (Å²) in [5.41, 5.74) is 2.09. The first kappa shape index (κ1) is 10.6. The van der Waals surface area contributed by atoms with Crippen LogP contribution >= 0.6 is 0 Å². The van der Waals surface area contributed by atoms with Crippen molar-refractivity contribution in [2.45, 2.75) is 18.9 Å². The molecule has 1 aliphatic rings. The van der Waals surface area contributed by atoms with Crippen molar-refractivity contribution in [1.82, 2.24) is 14.9 Å². The third-order valence-electron chi connectivity index (χ3n) is 3.50. The summed E-state index contributed by atoms with van der Waals surface area (Å²) in [6.07, 6.45) is 2.39. The van der Waals surface area contributed by atoms with Gasteiger partial charge in [0.1, 0.15) is 17.1 Å². The predicted octanol–water partition coefficient (Wildman–Crippen LogP) is 2.01. The van der Waals surface area contributed by atoms with Gasteiger partial charge < -0.3 is 14.6 Å². The molecule has 2 heterocycles. The van der Waals surface area contributed by atoms with Crippen molar-refractivity contribution in [3.05, 3.63) is 24.0 Å². The highest BCUT2D eigenvalue weighted by Crippen LogP contribution is 2.29. The lowest BCUT2D eigenvalue weighted by atomic mass is 10.2. The molecule has 4 heteroatoms. The molecular formula is C13H17N3O. The highest BCUT2D eigenvalue weighted by molar-refractivity contribution is 5.82. The zero-order valence-corrected chi connectivity index (χ0v) is 10.2. The number of hydrogen-bond acceptors (Lipinski definition) is 3. The van der Waals surface area contributed by atoms with Gasteiger partial charge in [0.05, 0.1) is 18.7 Å². The highest BCUT2D eigenvalue weighted by atomic mass is 16.5. The van der Waals surface area contributed by atoms with Crippen molar-refractivity contribution in [2.24, 2.45) is 7.05 Å². The van der Waals surface area contributed by atoms with Gasteiger partial charge in [0, 0.05) is 7.05 Å². The maximum absolute atomic E-state index is 5.36. The average molecular weight is 231 g/mol. The van der Waals surface area contributed by atoms with Crippen LogP contribution in [0.25, 0.3) is 11.0 Å². The van der Waals surface area contributed by atoms with Crippen LogP contribution in [0.1, 0.15) is 24.7 Å². The number of para-hydroxylation sites is 1. The summed E-state index contributed by atoms with van der Waals surface area (Å²) >= 11 is 0. The molecule has 1 N–H and O–H groups in total. The van der Waals surface area contributed by atoms with Gasteiger partial charge in [-0.15, -0.1) is 0 Å². The van der Waals surface area contributed by atoms with E-state index < -0.39 is 0 Å². The minimum Gasteiger partial charge on any atom is -0.494 e. The molecule has 1 aromatic carbocycles. The summed E-state index contributed by atoms with van der Waals surface area (Å²) in [5.74, 6) is 1.96. The number of methoxy groups -OCH3 is 1. The minimum absolute atomic E-state index is 0.386. The average Bonchev–Trinajstić information content (AvgIpc) is 2.97. The minimum atomic E-state index is 0.386. The Balaban J connectivity index is 2.16. The smallest absolute Gasteiger partial charge is 0.146 e. The van der Waals surface area contributed by atoms with Crippen LogP contribution in [0.3, 0.4) is 0 Å². The van der Waals surface area contributed by atoms with E-state index in [9.17, 15) is 0 Å². The molecule has 1 fully saturated rings. The second kappa shape index (κ2) is 4.04. The van der Waals surface area contributed by atoms with E-state index in [4.69, 9.17) is 9.72 Å². The van der Waals surface area contributed by atoms with E-state index in [1.54, 1.807) is 7.11 Å². The van der Waals surface area contributed by atoms with Crippen LogP contribution in [-0.2, 0) is 7.05 Å². The van der Waals surface area contributed by atoms with Gasteiger partial charge in [-0.25, -0.2) is 4.98 Å². The number of benzene rings is 1. The summed E-state index contributed by atoms with van der Waals surface area (Å²) in [5, 5.41) is 3.49. The van der Waals surface area contributed by atoms with E-state index in [0.29, 0.717) is 6.04 Å². The summed E-state index contributed by atoms with van der Waals surface area (Å²) in [4.78, 5) is 4.74. The van der Waals surface area contributed by atoms with E-state index in [2.05, 4.69) is 23.0 Å². The molecule has 1 saturated heterocycles. The molecule has 0 spiro atoms. The molecule has 0 radical (unpaired) electrons. The largest absolute Gasteiger partial charge is 0.494 e. The Bertz CT molecular complexity index is 541. The van der Waals surface area contributed by atoms with Gasteiger partial charge in [0.15, 0.2) is 0 Å². The number of aromatic nitrogens is 2. The molecule has 90 valence electrons. The third kappa shape index (κ3) is 1.60. The molecule has 1 atom stereocenters. The molecule has 0 saturated carbocycles. The molecule has 2 aromatic rings. The highest BCUT2D eigenvalue weighted by Gasteiger charge is 2.22. The maximum atomic E-state index is 5.36. The Morgan fingerprint density at radius 2 is 2.35 bits per heavy atom. The Kier molecular flexibility index (Phi) is 2.52. The van der Waals surface area contributed by atoms with Crippen molar-refractivity contribution in [1.29, 1.82) is 0 Å². The second-order valence-electron chi connectivity index (χ2n) is 4.51. The predicted molar refractivity (Wildman–Crippen MR) is 67.2 cm³/mol. The maximum Gasteiger partial charge on any atom is 0.146 e. The Morgan fingerprint density at radius 1 is 1.47 bits per heavy atom. The van der Waals surface area contributed by atoms with Crippen LogP contribution in [0.15, 0.2) is 18.2 Å². The second-order valence-corrected chi connectivity index (χ2v) is 4.51. The molecule has 0 bridgehead atoms. The van der Waals surface area contributed by atoms with Crippen molar-refractivity contribution in [2.75, 3.05) is 13.7 Å². The molecule has 0 amide bonds. The van der Waals surface area contributed by atoms with Gasteiger partial charge in [0.25, 0.3) is 0 Å². The lowest BCUT2D eigenvalue weighted by Gasteiger charge is -2.09. The van der Waals surface area contributed by atoms with Crippen molar-refractivity contribution in [3.8, 4) is 5.75 Å². The summed E-state index contributed by atoms with van der Waals surface area (Å²) in [6, 6.07) is 6.44. The first-order chi connectivity index (χ1) is 8.31. The fraction of sp³-hybridized carbons (Fsp3) is 0.462. The van der Waals surface area contributed by atoms with E-state index in [1.165, 1.54) is 12.8 Å². The van der Waals surface area contributed by atoms with E-state index in [1.807, 2.05) is 12.1 Å². The van der Waals surface area contributed by atoms with Crippen LogP contribution in [0.4, 0.5) is 0 Å². The quantitative estimate of drug-likeness (QED) is 0.859. The van der Waals surface area contributed by atoms with Gasteiger partial charge in [0.2, 0.25) is 0 Å². The van der Waals surface area contributed by atoms with Gasteiger partial charge in [-0.05, 0) is 31.5 Å². The first-order valence-electron chi connectivity index (χ1n) is 6.04. The number of rotatable bonds is 2. The monoisotopic (exact) mass is 231 g/mol. The van der Waals surface area contributed by atoms with Gasteiger partial charge >= 0.3 is 0 Å². The molecule has 3 rings (SSSR count). The van der Waals surface area contributed by atoms with Crippen LogP contribution in [-0.4, -0.2) is 23.2 Å². The zero-order chi connectivity index (χ0) is 11.8. The van der Waals surface area contributed by atoms with Crippen LogP contribution in [0.2, 0.25) is 0 Å². The number of nitrogens with one attached hydrogen (secondary N) is 1. The SMILES string of the molecule is COc1cccc2c1nc(C1CCCN1)n2C. The topological polar surface area (TPSA) is 39.1 Å². The molecule has 0 aliphatic carbocycles. The Labute approximate surface area is 101 Å². The number of imidazole rings is 1. The summed E-state index contributed by atoms with van der Waals surface area (Å²) in [6.45, 7) is 1.09. The summed E-state index contributed by atoms with van der Waals surface area (Å²) < 4.78 is 7.53. The molecule has 17 heavy (non-hydrogen) atoms. The molecular weight excluding hydrogens is 214 g/mol. The normalized spacial score (nSPS) is 20.0. The van der Waals surface area contributed by atoms with Crippen LogP contribution in [0.5, 0.6) is 5.75 Å². The van der Waals surface area contributed by atoms with E-state index in [0.717, 1.165) is 29.2 Å². The third-order valence-corrected chi connectivity index (χ3v) is 3.50. The fourth-order valence-corrected chi connectivity index (χ4v) is 2.59. The Morgan fingerprint density at radius 3 is 3.06 bits per heavy atom. The molecule has 1 unspecified atom stereocenters. The van der Waals surface area contributed by atoms with Gasteiger partial charge in [-0.3, -0.25) is 0 Å². The van der Waals surface area contributed by atoms with Crippen molar-refractivity contribution in [3.63, 3.8) is 0 Å². The number of nitrogens with zero attached hydrogens (tertiary/aromatic N) is 2. The number of ether oxygens (including phenoxy) is 1. The molecule has 1 aromatic heterocycles. The number of fused-ring (bicyclic) bond motifs is 1.